The van der Waals surface area contributed by atoms with Crippen LogP contribution in [0.5, 0.6) is 0 Å². The zero-order valence-corrected chi connectivity index (χ0v) is 16.9. The molecule has 0 fully saturated rings. The molecule has 28 heavy (non-hydrogen) atoms. The average Bonchev–Trinajstić information content (AvgIpc) is 3.04. The Bertz CT molecular complexity index is 967. The number of hydrogen-bond donors (Lipinski definition) is 0. The van der Waals surface area contributed by atoms with Crippen LogP contribution >= 0.6 is 11.6 Å². The molecular formula is C20H23ClN2O5. The lowest BCUT2D eigenvalue weighted by molar-refractivity contribution is -0.162. The molecule has 0 saturated heterocycles. The highest BCUT2D eigenvalue weighted by Gasteiger charge is 2.36. The van der Waals surface area contributed by atoms with Crippen LogP contribution in [0.25, 0.3) is 10.9 Å². The number of carbonyl (C=O) groups excluding carboxylic acids is 2. The number of benzene rings is 1. The first kappa shape index (κ1) is 20.3. The van der Waals surface area contributed by atoms with E-state index < -0.39 is 17.9 Å². The van der Waals surface area contributed by atoms with Gasteiger partial charge >= 0.3 is 11.9 Å². The summed E-state index contributed by atoms with van der Waals surface area (Å²) in [5.41, 5.74) is 1.24. The summed E-state index contributed by atoms with van der Waals surface area (Å²) < 4.78 is 11.7. The first-order valence-corrected chi connectivity index (χ1v) is 9.79. The monoisotopic (exact) mass is 406 g/mol. The topological polar surface area (TPSA) is 87.5 Å². The van der Waals surface area contributed by atoms with Gasteiger partial charge in [0.2, 0.25) is 0 Å². The fourth-order valence-corrected chi connectivity index (χ4v) is 3.97. The smallest absolute Gasteiger partial charge is 0.320 e. The number of aromatic nitrogens is 2. The number of halogens is 1. The van der Waals surface area contributed by atoms with Gasteiger partial charge in [0.1, 0.15) is 5.82 Å². The number of aryl methyl sites for hydroxylation is 1. The quantitative estimate of drug-likeness (QED) is 0.541. The van der Waals surface area contributed by atoms with E-state index in [9.17, 15) is 14.4 Å². The Kier molecular flexibility index (Phi) is 6.03. The maximum Gasteiger partial charge on any atom is 0.320 e. The number of carbonyl (C=O) groups is 2. The molecule has 2 aromatic rings. The number of hydrogen-bond acceptors (Lipinski definition) is 6. The minimum atomic E-state index is -1.03. The molecule has 1 atom stereocenters. The van der Waals surface area contributed by atoms with Crippen molar-refractivity contribution in [2.45, 2.75) is 46.1 Å². The van der Waals surface area contributed by atoms with E-state index in [2.05, 4.69) is 0 Å². The van der Waals surface area contributed by atoms with Crippen LogP contribution in [0.3, 0.4) is 0 Å². The molecule has 0 bridgehead atoms. The third kappa shape index (κ3) is 3.76. The van der Waals surface area contributed by atoms with Crippen molar-refractivity contribution in [2.24, 2.45) is 5.92 Å². The molecule has 1 aliphatic heterocycles. The summed E-state index contributed by atoms with van der Waals surface area (Å²) >= 11 is 6.09. The average molecular weight is 407 g/mol. The Morgan fingerprint density at radius 1 is 1.25 bits per heavy atom. The Labute approximate surface area is 167 Å². The third-order valence-corrected chi connectivity index (χ3v) is 5.19. The molecule has 1 aromatic carbocycles. The predicted molar refractivity (Wildman–Crippen MR) is 104 cm³/mol. The third-order valence-electron chi connectivity index (χ3n) is 4.97. The number of nitrogens with zero attached hydrogens (tertiary/aromatic N) is 2. The van der Waals surface area contributed by atoms with Crippen molar-refractivity contribution >= 4 is 34.4 Å². The lowest BCUT2D eigenvalue weighted by atomic mass is 9.92. The van der Waals surface area contributed by atoms with Gasteiger partial charge in [0.15, 0.2) is 5.92 Å². The zero-order chi connectivity index (χ0) is 20.4. The molecule has 0 aliphatic carbocycles. The van der Waals surface area contributed by atoms with Crippen molar-refractivity contribution in [1.29, 1.82) is 0 Å². The van der Waals surface area contributed by atoms with E-state index in [0.29, 0.717) is 34.7 Å². The summed E-state index contributed by atoms with van der Waals surface area (Å²) in [6.07, 6.45) is 0.808. The first-order valence-electron chi connectivity index (χ1n) is 9.41. The molecule has 1 aliphatic rings. The van der Waals surface area contributed by atoms with Gasteiger partial charge in [-0.1, -0.05) is 11.6 Å². The minimum absolute atomic E-state index is 0.156. The fraction of sp³-hybridized carbons (Fsp3) is 0.500. The number of esters is 2. The van der Waals surface area contributed by atoms with Gasteiger partial charge in [0.25, 0.3) is 5.56 Å². The highest BCUT2D eigenvalue weighted by Crippen LogP contribution is 2.33. The summed E-state index contributed by atoms with van der Waals surface area (Å²) in [7, 11) is 0. The Balaban J connectivity index is 1.99. The molecule has 2 heterocycles. The normalized spacial score (nSPS) is 15.7. The fourth-order valence-electron chi connectivity index (χ4n) is 3.70. The second-order valence-electron chi connectivity index (χ2n) is 6.82. The predicted octanol–water partition coefficient (Wildman–Crippen LogP) is 2.98. The largest absolute Gasteiger partial charge is 0.465 e. The Morgan fingerprint density at radius 3 is 2.50 bits per heavy atom. The first-order chi connectivity index (χ1) is 13.4. The van der Waals surface area contributed by atoms with E-state index in [4.69, 9.17) is 26.1 Å². The second-order valence-corrected chi connectivity index (χ2v) is 7.26. The van der Waals surface area contributed by atoms with Crippen molar-refractivity contribution in [3.63, 3.8) is 0 Å². The molecular weight excluding hydrogens is 384 g/mol. The molecule has 1 aromatic heterocycles. The molecule has 0 amide bonds. The highest BCUT2D eigenvalue weighted by molar-refractivity contribution is 6.31. The van der Waals surface area contributed by atoms with Crippen LogP contribution in [0.15, 0.2) is 16.9 Å². The van der Waals surface area contributed by atoms with E-state index in [-0.39, 0.29) is 31.1 Å². The standard InChI is InChI=1S/C20H23ClN2O5/c1-4-27-19(25)15(20(26)28-5-2)9-12-6-7-23-17(12)22-16-11(3)8-13(21)10-14(16)18(23)24/h8,10,12,15H,4-7,9H2,1-3H3. The van der Waals surface area contributed by atoms with Crippen LogP contribution in [0.4, 0.5) is 0 Å². The van der Waals surface area contributed by atoms with Gasteiger partial charge in [0.05, 0.1) is 24.1 Å². The maximum atomic E-state index is 12.9. The van der Waals surface area contributed by atoms with E-state index in [1.807, 2.05) is 6.92 Å². The van der Waals surface area contributed by atoms with Crippen LogP contribution in [0.2, 0.25) is 5.02 Å². The van der Waals surface area contributed by atoms with Crippen LogP contribution in [-0.4, -0.2) is 34.7 Å². The van der Waals surface area contributed by atoms with Gasteiger partial charge in [-0.25, -0.2) is 4.98 Å². The van der Waals surface area contributed by atoms with Gasteiger partial charge in [-0.05, 0) is 51.3 Å². The lowest BCUT2D eigenvalue weighted by Crippen LogP contribution is -2.30. The van der Waals surface area contributed by atoms with Crippen LogP contribution < -0.4 is 5.56 Å². The summed E-state index contributed by atoms with van der Waals surface area (Å²) in [6.45, 7) is 6.06. The van der Waals surface area contributed by atoms with Crippen molar-refractivity contribution < 1.29 is 19.1 Å². The van der Waals surface area contributed by atoms with E-state index in [0.717, 1.165) is 5.56 Å². The van der Waals surface area contributed by atoms with Gasteiger partial charge in [0, 0.05) is 17.5 Å². The van der Waals surface area contributed by atoms with Crippen molar-refractivity contribution in [3.8, 4) is 0 Å². The lowest BCUT2D eigenvalue weighted by Gasteiger charge is -2.18. The Hall–Kier alpha value is -2.41. The molecule has 3 rings (SSSR count). The molecule has 0 radical (unpaired) electrons. The van der Waals surface area contributed by atoms with Crippen LogP contribution in [0.1, 0.15) is 44.0 Å². The molecule has 1 unspecified atom stereocenters. The SMILES string of the molecule is CCOC(=O)C(CC1CCn2c1nc1c(C)cc(Cl)cc1c2=O)C(=O)OCC. The van der Waals surface area contributed by atoms with E-state index in [1.165, 1.54) is 0 Å². The van der Waals surface area contributed by atoms with Crippen LogP contribution in [-0.2, 0) is 25.6 Å². The van der Waals surface area contributed by atoms with Crippen LogP contribution in [0, 0.1) is 12.8 Å². The van der Waals surface area contributed by atoms with Gasteiger partial charge in [-0.15, -0.1) is 0 Å². The summed E-state index contributed by atoms with van der Waals surface area (Å²) in [6, 6.07) is 3.39. The molecule has 7 nitrogen and oxygen atoms in total. The van der Waals surface area contributed by atoms with Gasteiger partial charge in [-0.3, -0.25) is 19.0 Å². The zero-order valence-electron chi connectivity index (χ0n) is 16.2. The number of fused-ring (bicyclic) bond motifs is 2. The van der Waals surface area contributed by atoms with Gasteiger partial charge in [-0.2, -0.15) is 0 Å². The molecule has 150 valence electrons. The van der Waals surface area contributed by atoms with Crippen molar-refractivity contribution in [3.05, 3.63) is 38.9 Å². The molecule has 0 N–H and O–H groups in total. The highest BCUT2D eigenvalue weighted by atomic mass is 35.5. The minimum Gasteiger partial charge on any atom is -0.465 e. The van der Waals surface area contributed by atoms with Gasteiger partial charge < -0.3 is 9.47 Å². The summed E-state index contributed by atoms with van der Waals surface area (Å²) in [5, 5.41) is 0.963. The summed E-state index contributed by atoms with van der Waals surface area (Å²) in [4.78, 5) is 42.2. The Morgan fingerprint density at radius 2 is 1.89 bits per heavy atom. The second kappa shape index (κ2) is 8.31. The summed E-state index contributed by atoms with van der Waals surface area (Å²) in [5.74, 6) is -1.88. The number of rotatable bonds is 6. The molecule has 8 heteroatoms. The molecule has 0 spiro atoms. The molecule has 0 saturated carbocycles. The number of ether oxygens (including phenoxy) is 2. The van der Waals surface area contributed by atoms with E-state index in [1.54, 1.807) is 30.5 Å². The van der Waals surface area contributed by atoms with E-state index >= 15 is 0 Å². The van der Waals surface area contributed by atoms with Crippen molar-refractivity contribution in [1.82, 2.24) is 9.55 Å². The maximum absolute atomic E-state index is 12.9. The van der Waals surface area contributed by atoms with Crippen molar-refractivity contribution in [2.75, 3.05) is 13.2 Å².